The number of nitrogens with zero attached hydrogens (tertiary/aromatic N) is 3. The van der Waals surface area contributed by atoms with E-state index in [-0.39, 0.29) is 41.8 Å². The molecule has 4 aromatic rings. The summed E-state index contributed by atoms with van der Waals surface area (Å²) in [5.74, 6) is -0.459. The molecule has 13 nitrogen and oxygen atoms in total. The molecule has 2 aliphatic rings. The average molecular weight is 752 g/mol. The zero-order chi connectivity index (χ0) is 38.6. The van der Waals surface area contributed by atoms with Crippen LogP contribution in [0.15, 0.2) is 97.1 Å². The average Bonchev–Trinajstić information content (AvgIpc) is 3.23. The molecule has 0 radical (unpaired) electrons. The predicted octanol–water partition coefficient (Wildman–Crippen LogP) is 6.19. The molecule has 0 spiro atoms. The quantitative estimate of drug-likeness (QED) is 0.0449. The first kappa shape index (κ1) is 39.5. The summed E-state index contributed by atoms with van der Waals surface area (Å²) in [5, 5.41) is 32.2. The minimum absolute atomic E-state index is 0.0214. The van der Waals surface area contributed by atoms with Gasteiger partial charge in [0.05, 0.1) is 23.7 Å². The summed E-state index contributed by atoms with van der Waals surface area (Å²) in [4.78, 5) is 38.9. The van der Waals surface area contributed by atoms with E-state index in [0.29, 0.717) is 32.2 Å². The van der Waals surface area contributed by atoms with E-state index in [9.17, 15) is 24.8 Å². The standard InChI is InChI=1S/C42H49N5O8/c48-29-30-9-11-33(12-10-30)39-26-38(28-45-21-23-46(24-22-45)36-17-19-37(20-18-36)47(52)53)54-42(55-39)34-15-13-32(14-16-34)35-6-4-5-31(25-35)27-43-40(49)7-2-1-3-8-41(50)44-51/h4-6,9-20,25,38-39,42,48,51H,1-3,7-8,21-24,26-29H2,(H,43,49)(H,44,50)/t38-,39+,42+/m0/s1. The van der Waals surface area contributed by atoms with Crippen LogP contribution >= 0.6 is 0 Å². The van der Waals surface area contributed by atoms with E-state index < -0.39 is 12.2 Å². The fraction of sp³-hybridized carbons (Fsp3) is 0.381. The van der Waals surface area contributed by atoms with E-state index in [0.717, 1.165) is 78.2 Å². The number of anilines is 1. The van der Waals surface area contributed by atoms with Crippen LogP contribution in [-0.4, -0.2) is 70.8 Å². The third kappa shape index (κ3) is 11.2. The fourth-order valence-electron chi connectivity index (χ4n) is 7.08. The van der Waals surface area contributed by atoms with Crippen LogP contribution in [0.4, 0.5) is 11.4 Å². The van der Waals surface area contributed by atoms with Crippen molar-refractivity contribution in [2.75, 3.05) is 37.6 Å². The molecular formula is C42H49N5O8. The zero-order valence-corrected chi connectivity index (χ0v) is 30.8. The number of piperazine rings is 1. The number of carbonyl (C=O) groups excluding carboxylic acids is 2. The first-order valence-corrected chi connectivity index (χ1v) is 18.9. The fourth-order valence-corrected chi connectivity index (χ4v) is 7.08. The monoisotopic (exact) mass is 751 g/mol. The van der Waals surface area contributed by atoms with E-state index in [1.54, 1.807) is 17.6 Å². The minimum Gasteiger partial charge on any atom is -0.392 e. The van der Waals surface area contributed by atoms with Crippen molar-refractivity contribution in [2.24, 2.45) is 0 Å². The van der Waals surface area contributed by atoms with Crippen LogP contribution < -0.4 is 15.7 Å². The van der Waals surface area contributed by atoms with Crippen LogP contribution in [-0.2, 0) is 32.2 Å². The van der Waals surface area contributed by atoms with Crippen LogP contribution in [0.3, 0.4) is 0 Å². The largest absolute Gasteiger partial charge is 0.392 e. The van der Waals surface area contributed by atoms with E-state index >= 15 is 0 Å². The van der Waals surface area contributed by atoms with Crippen LogP contribution in [0.2, 0.25) is 0 Å². The van der Waals surface area contributed by atoms with Crippen LogP contribution in [0.5, 0.6) is 0 Å². The molecular weight excluding hydrogens is 702 g/mol. The Morgan fingerprint density at radius 3 is 2.15 bits per heavy atom. The Morgan fingerprint density at radius 2 is 1.47 bits per heavy atom. The summed E-state index contributed by atoms with van der Waals surface area (Å²) in [5.41, 5.74) is 8.51. The lowest BCUT2D eigenvalue weighted by Crippen LogP contribution is -2.49. The van der Waals surface area contributed by atoms with E-state index in [2.05, 4.69) is 33.3 Å². The summed E-state index contributed by atoms with van der Waals surface area (Å²) in [6, 6.07) is 30.9. The number of nitrogens with one attached hydrogen (secondary N) is 2. The number of hydrogen-bond acceptors (Lipinski definition) is 10. The van der Waals surface area contributed by atoms with Crippen molar-refractivity contribution in [3.63, 3.8) is 0 Å². The maximum Gasteiger partial charge on any atom is 0.269 e. The van der Waals surface area contributed by atoms with E-state index in [4.69, 9.17) is 14.7 Å². The van der Waals surface area contributed by atoms with Crippen molar-refractivity contribution in [1.29, 1.82) is 0 Å². The highest BCUT2D eigenvalue weighted by Crippen LogP contribution is 2.39. The Hall–Kier alpha value is -5.18. The van der Waals surface area contributed by atoms with Gasteiger partial charge in [0.1, 0.15) is 0 Å². The van der Waals surface area contributed by atoms with Crippen molar-refractivity contribution in [2.45, 2.75) is 70.2 Å². The number of aliphatic hydroxyl groups is 1. The summed E-state index contributed by atoms with van der Waals surface area (Å²) in [6.45, 7) is 4.42. The lowest BCUT2D eigenvalue weighted by atomic mass is 9.98. The molecule has 55 heavy (non-hydrogen) atoms. The molecule has 4 N–H and O–H groups in total. The second-order valence-corrected chi connectivity index (χ2v) is 14.1. The van der Waals surface area contributed by atoms with Crippen molar-refractivity contribution < 1.29 is 34.3 Å². The first-order chi connectivity index (χ1) is 26.8. The molecule has 2 aliphatic heterocycles. The Morgan fingerprint density at radius 1 is 0.782 bits per heavy atom. The number of benzene rings is 4. The van der Waals surface area contributed by atoms with E-state index in [1.165, 1.54) is 0 Å². The van der Waals surface area contributed by atoms with Crippen molar-refractivity contribution in [3.8, 4) is 11.1 Å². The first-order valence-electron chi connectivity index (χ1n) is 18.9. The van der Waals surface area contributed by atoms with Gasteiger partial charge < -0.3 is 24.8 Å². The summed E-state index contributed by atoms with van der Waals surface area (Å²) < 4.78 is 13.2. The second-order valence-electron chi connectivity index (χ2n) is 14.1. The van der Waals surface area contributed by atoms with E-state index in [1.807, 2.05) is 66.7 Å². The molecule has 0 aromatic heterocycles. The van der Waals surface area contributed by atoms with Gasteiger partial charge in [0.25, 0.3) is 5.69 Å². The lowest BCUT2D eigenvalue weighted by Gasteiger charge is -2.41. The van der Waals surface area contributed by atoms with Crippen molar-refractivity contribution >= 4 is 23.2 Å². The molecule has 2 fully saturated rings. The van der Waals surface area contributed by atoms with Gasteiger partial charge in [0.15, 0.2) is 6.29 Å². The number of hydroxylamine groups is 1. The summed E-state index contributed by atoms with van der Waals surface area (Å²) in [7, 11) is 0. The zero-order valence-electron chi connectivity index (χ0n) is 30.8. The molecule has 0 saturated carbocycles. The normalized spacial score (nSPS) is 18.8. The van der Waals surface area contributed by atoms with Gasteiger partial charge in [-0.3, -0.25) is 29.8 Å². The Labute approximate surface area is 321 Å². The highest BCUT2D eigenvalue weighted by molar-refractivity contribution is 5.76. The maximum atomic E-state index is 12.4. The number of aliphatic hydroxyl groups excluding tert-OH is 1. The maximum absolute atomic E-state index is 12.4. The van der Waals surface area contributed by atoms with Gasteiger partial charge in [-0.2, -0.15) is 0 Å². The molecule has 0 bridgehead atoms. The van der Waals surface area contributed by atoms with Crippen molar-refractivity contribution in [1.82, 2.24) is 15.7 Å². The summed E-state index contributed by atoms with van der Waals surface area (Å²) in [6.07, 6.45) is 2.45. The molecule has 6 rings (SSSR count). The number of unbranched alkanes of at least 4 members (excludes halogenated alkanes) is 2. The molecule has 2 heterocycles. The number of carbonyl (C=O) groups is 2. The topological polar surface area (TPSA) is 167 Å². The van der Waals surface area contributed by atoms with Gasteiger partial charge in [0, 0.05) is 81.9 Å². The van der Waals surface area contributed by atoms with Gasteiger partial charge >= 0.3 is 0 Å². The number of amides is 2. The van der Waals surface area contributed by atoms with Crippen LogP contribution in [0.1, 0.15) is 73.2 Å². The molecule has 0 unspecified atom stereocenters. The highest BCUT2D eigenvalue weighted by Gasteiger charge is 2.34. The SMILES string of the molecule is O=C(CCCCCC(=O)NCc1cccc(-c2ccc([C@@H]3O[C@H](CN4CCN(c5ccc([N+](=O)[O-])cc5)CC4)C[C@H](c4ccc(CO)cc4)O3)cc2)c1)NO. The molecule has 290 valence electrons. The number of ether oxygens (including phenoxy) is 2. The molecule has 3 atom stereocenters. The number of rotatable bonds is 16. The molecule has 4 aromatic carbocycles. The van der Waals surface area contributed by atoms with Crippen molar-refractivity contribution in [3.05, 3.63) is 129 Å². The number of non-ortho nitro benzene ring substituents is 1. The number of hydrogen-bond donors (Lipinski definition) is 4. The Bertz CT molecular complexity index is 1860. The molecule has 13 heteroatoms. The number of nitro groups is 1. The second kappa shape index (κ2) is 19.4. The van der Waals surface area contributed by atoms with Gasteiger partial charge in [-0.05, 0) is 58.9 Å². The smallest absolute Gasteiger partial charge is 0.269 e. The highest BCUT2D eigenvalue weighted by atomic mass is 16.7. The Balaban J connectivity index is 1.06. The lowest BCUT2D eigenvalue weighted by molar-refractivity contribution is -0.384. The summed E-state index contributed by atoms with van der Waals surface area (Å²) >= 11 is 0. The third-order valence-corrected chi connectivity index (χ3v) is 10.2. The number of nitro benzene ring substituents is 1. The molecule has 0 aliphatic carbocycles. The third-order valence-electron chi connectivity index (χ3n) is 10.2. The predicted molar refractivity (Wildman–Crippen MR) is 207 cm³/mol. The minimum atomic E-state index is -0.579. The molecule has 2 amide bonds. The van der Waals surface area contributed by atoms with Gasteiger partial charge in [-0.15, -0.1) is 0 Å². The van der Waals surface area contributed by atoms with Gasteiger partial charge in [-0.25, -0.2) is 5.48 Å². The van der Waals surface area contributed by atoms with Crippen LogP contribution in [0, 0.1) is 10.1 Å². The Kier molecular flexibility index (Phi) is 14.0. The molecule has 2 saturated heterocycles. The van der Waals surface area contributed by atoms with Crippen LogP contribution in [0.25, 0.3) is 11.1 Å². The van der Waals surface area contributed by atoms with Gasteiger partial charge in [0.2, 0.25) is 11.8 Å². The van der Waals surface area contributed by atoms with Gasteiger partial charge in [-0.1, -0.05) is 73.2 Å².